The average Bonchev–Trinajstić information content (AvgIpc) is 2.54. The molecule has 0 atom stereocenters. The zero-order chi connectivity index (χ0) is 16.5. The van der Waals surface area contributed by atoms with Gasteiger partial charge in [0.1, 0.15) is 5.75 Å². The Balaban J connectivity index is 1.88. The number of ether oxygens (including phenoxy) is 1. The lowest BCUT2D eigenvalue weighted by atomic mass is 10.2. The maximum Gasteiger partial charge on any atom is 0.248 e. The molecule has 2 aromatic carbocycles. The maximum atomic E-state index is 11.9. The van der Waals surface area contributed by atoms with E-state index in [0.717, 1.165) is 40.9 Å². The van der Waals surface area contributed by atoms with E-state index in [1.54, 1.807) is 6.08 Å². The van der Waals surface area contributed by atoms with Crippen LogP contribution in [0.2, 0.25) is 0 Å². The topological polar surface area (TPSA) is 38.3 Å². The van der Waals surface area contributed by atoms with Crippen LogP contribution in [-0.4, -0.2) is 12.5 Å². The van der Waals surface area contributed by atoms with E-state index in [1.165, 1.54) is 6.08 Å². The monoisotopic (exact) mass is 373 g/mol. The van der Waals surface area contributed by atoms with Crippen molar-refractivity contribution in [1.82, 2.24) is 0 Å². The van der Waals surface area contributed by atoms with E-state index in [4.69, 9.17) is 4.74 Å². The first kappa shape index (κ1) is 17.3. The van der Waals surface area contributed by atoms with Crippen LogP contribution in [0.5, 0.6) is 5.75 Å². The summed E-state index contributed by atoms with van der Waals surface area (Å²) in [5.74, 6) is 0.695. The van der Waals surface area contributed by atoms with Gasteiger partial charge in [-0.25, -0.2) is 0 Å². The first-order chi connectivity index (χ1) is 11.2. The van der Waals surface area contributed by atoms with Crippen molar-refractivity contribution in [2.75, 3.05) is 11.9 Å². The fraction of sp³-hybridized carbons (Fsp3) is 0.211. The lowest BCUT2D eigenvalue weighted by Crippen LogP contribution is -2.07. The van der Waals surface area contributed by atoms with Gasteiger partial charge in [0.05, 0.1) is 6.61 Å². The largest absolute Gasteiger partial charge is 0.494 e. The molecule has 0 saturated carbocycles. The number of nitrogens with one attached hydrogen (secondary N) is 1. The first-order valence-electron chi connectivity index (χ1n) is 7.65. The lowest BCUT2D eigenvalue weighted by Gasteiger charge is -2.05. The third-order valence-electron chi connectivity index (χ3n) is 3.17. The first-order valence-corrected chi connectivity index (χ1v) is 8.44. The summed E-state index contributed by atoms with van der Waals surface area (Å²) in [6.07, 6.45) is 5.47. The number of halogens is 1. The highest BCUT2D eigenvalue weighted by Crippen LogP contribution is 2.16. The van der Waals surface area contributed by atoms with Crippen LogP contribution in [0, 0.1) is 0 Å². The number of carbonyl (C=O) groups excluding carboxylic acids is 1. The SMILES string of the molecule is CCCCOc1ccc(C=CC(=O)Nc2cccc(Br)c2)cc1. The van der Waals surface area contributed by atoms with Gasteiger partial charge in [-0.05, 0) is 48.4 Å². The number of amides is 1. The second-order valence-corrected chi connectivity index (χ2v) is 6.02. The Labute approximate surface area is 145 Å². The molecule has 3 nitrogen and oxygen atoms in total. The third kappa shape index (κ3) is 6.28. The summed E-state index contributed by atoms with van der Waals surface area (Å²) in [7, 11) is 0. The molecule has 120 valence electrons. The molecular weight excluding hydrogens is 354 g/mol. The Kier molecular flexibility index (Phi) is 6.88. The number of rotatable bonds is 7. The summed E-state index contributed by atoms with van der Waals surface area (Å²) >= 11 is 3.38. The van der Waals surface area contributed by atoms with Gasteiger partial charge < -0.3 is 10.1 Å². The predicted molar refractivity (Wildman–Crippen MR) is 98.7 cm³/mol. The second-order valence-electron chi connectivity index (χ2n) is 5.10. The predicted octanol–water partition coefficient (Wildman–Crippen LogP) is 5.28. The van der Waals surface area contributed by atoms with Gasteiger partial charge >= 0.3 is 0 Å². The molecule has 2 rings (SSSR count). The Morgan fingerprint density at radius 2 is 2.00 bits per heavy atom. The van der Waals surface area contributed by atoms with Crippen LogP contribution >= 0.6 is 15.9 Å². The molecular formula is C19H20BrNO2. The Morgan fingerprint density at radius 3 is 2.70 bits per heavy atom. The zero-order valence-electron chi connectivity index (χ0n) is 13.1. The van der Waals surface area contributed by atoms with E-state index in [0.29, 0.717) is 0 Å². The van der Waals surface area contributed by atoms with Gasteiger partial charge in [-0.15, -0.1) is 0 Å². The molecule has 1 amide bonds. The standard InChI is InChI=1S/C19H20BrNO2/c1-2-3-13-23-18-10-7-15(8-11-18)9-12-19(22)21-17-6-4-5-16(20)14-17/h4-12,14H,2-3,13H2,1H3,(H,21,22). The van der Waals surface area contributed by atoms with Gasteiger partial charge in [0.15, 0.2) is 0 Å². The van der Waals surface area contributed by atoms with Crippen LogP contribution in [0.4, 0.5) is 5.69 Å². The number of anilines is 1. The molecule has 23 heavy (non-hydrogen) atoms. The van der Waals surface area contributed by atoms with Crippen molar-refractivity contribution in [3.8, 4) is 5.75 Å². The van der Waals surface area contributed by atoms with Crippen LogP contribution in [0.25, 0.3) is 6.08 Å². The number of carbonyl (C=O) groups is 1. The minimum Gasteiger partial charge on any atom is -0.494 e. The number of hydrogen-bond acceptors (Lipinski definition) is 2. The highest BCUT2D eigenvalue weighted by molar-refractivity contribution is 9.10. The second kappa shape index (κ2) is 9.16. The molecule has 0 aliphatic carbocycles. The molecule has 0 heterocycles. The zero-order valence-corrected chi connectivity index (χ0v) is 14.7. The fourth-order valence-electron chi connectivity index (χ4n) is 1.93. The van der Waals surface area contributed by atoms with Crippen molar-refractivity contribution in [3.05, 3.63) is 64.6 Å². The summed E-state index contributed by atoms with van der Waals surface area (Å²) in [5, 5.41) is 2.82. The Morgan fingerprint density at radius 1 is 1.22 bits per heavy atom. The van der Waals surface area contributed by atoms with Crippen molar-refractivity contribution >= 4 is 33.6 Å². The van der Waals surface area contributed by atoms with Crippen LogP contribution < -0.4 is 10.1 Å². The summed E-state index contributed by atoms with van der Waals surface area (Å²) in [4.78, 5) is 11.9. The van der Waals surface area contributed by atoms with E-state index in [-0.39, 0.29) is 5.91 Å². The quantitative estimate of drug-likeness (QED) is 0.529. The fourth-order valence-corrected chi connectivity index (χ4v) is 2.33. The Bertz CT molecular complexity index is 665. The van der Waals surface area contributed by atoms with E-state index in [2.05, 4.69) is 28.2 Å². The van der Waals surface area contributed by atoms with Crippen LogP contribution in [0.1, 0.15) is 25.3 Å². The van der Waals surface area contributed by atoms with Gasteiger partial charge in [0.2, 0.25) is 5.91 Å². The molecule has 0 fully saturated rings. The molecule has 0 unspecified atom stereocenters. The van der Waals surface area contributed by atoms with Crippen molar-refractivity contribution < 1.29 is 9.53 Å². The van der Waals surface area contributed by atoms with E-state index in [1.807, 2.05) is 48.5 Å². The summed E-state index contributed by atoms with van der Waals surface area (Å²) in [5.41, 5.74) is 1.71. The maximum absolute atomic E-state index is 11.9. The number of hydrogen-bond donors (Lipinski definition) is 1. The van der Waals surface area contributed by atoms with Gasteiger partial charge in [-0.3, -0.25) is 4.79 Å². The van der Waals surface area contributed by atoms with Gasteiger partial charge in [-0.2, -0.15) is 0 Å². The number of benzene rings is 2. The summed E-state index contributed by atoms with van der Waals surface area (Å²) in [6.45, 7) is 2.87. The molecule has 1 N–H and O–H groups in total. The summed E-state index contributed by atoms with van der Waals surface area (Å²) in [6, 6.07) is 15.2. The smallest absolute Gasteiger partial charge is 0.248 e. The summed E-state index contributed by atoms with van der Waals surface area (Å²) < 4.78 is 6.54. The minimum absolute atomic E-state index is 0.161. The van der Waals surface area contributed by atoms with E-state index < -0.39 is 0 Å². The average molecular weight is 374 g/mol. The van der Waals surface area contributed by atoms with Gasteiger partial charge in [0.25, 0.3) is 0 Å². The highest BCUT2D eigenvalue weighted by atomic mass is 79.9. The van der Waals surface area contributed by atoms with Crippen molar-refractivity contribution in [1.29, 1.82) is 0 Å². The number of unbranched alkanes of at least 4 members (excludes halogenated alkanes) is 1. The van der Waals surface area contributed by atoms with E-state index in [9.17, 15) is 4.79 Å². The van der Waals surface area contributed by atoms with Crippen molar-refractivity contribution in [2.24, 2.45) is 0 Å². The normalized spacial score (nSPS) is 10.7. The minimum atomic E-state index is -0.161. The molecule has 0 aromatic heterocycles. The molecule has 0 bridgehead atoms. The van der Waals surface area contributed by atoms with Gasteiger partial charge in [-0.1, -0.05) is 47.5 Å². The van der Waals surface area contributed by atoms with Gasteiger partial charge in [0, 0.05) is 16.2 Å². The van der Waals surface area contributed by atoms with Crippen molar-refractivity contribution in [2.45, 2.75) is 19.8 Å². The Hall–Kier alpha value is -2.07. The molecule has 0 aliphatic heterocycles. The molecule has 0 radical (unpaired) electrons. The van der Waals surface area contributed by atoms with Crippen LogP contribution in [0.3, 0.4) is 0 Å². The van der Waals surface area contributed by atoms with Crippen LogP contribution in [0.15, 0.2) is 59.1 Å². The third-order valence-corrected chi connectivity index (χ3v) is 3.66. The molecule has 0 aliphatic rings. The van der Waals surface area contributed by atoms with Crippen molar-refractivity contribution in [3.63, 3.8) is 0 Å². The highest BCUT2D eigenvalue weighted by Gasteiger charge is 1.99. The molecule has 2 aromatic rings. The van der Waals surface area contributed by atoms with E-state index >= 15 is 0 Å². The molecule has 4 heteroatoms. The molecule has 0 saturated heterocycles. The van der Waals surface area contributed by atoms with Crippen LogP contribution in [-0.2, 0) is 4.79 Å². The lowest BCUT2D eigenvalue weighted by molar-refractivity contribution is -0.111. The molecule has 0 spiro atoms.